The lowest BCUT2D eigenvalue weighted by Crippen LogP contribution is -2.44. The fourth-order valence-corrected chi connectivity index (χ4v) is 4.81. The van der Waals surface area contributed by atoms with Gasteiger partial charge in [0, 0.05) is 36.3 Å². The molecule has 36 heavy (non-hydrogen) atoms. The molecule has 1 amide bonds. The molecule has 0 radical (unpaired) electrons. The fraction of sp³-hybridized carbons (Fsp3) is 0.276. The van der Waals surface area contributed by atoms with Gasteiger partial charge in [-0.25, -0.2) is 9.48 Å². The third-order valence-electron chi connectivity index (χ3n) is 6.38. The topological polar surface area (TPSA) is 77.6 Å². The van der Waals surface area contributed by atoms with E-state index in [-0.39, 0.29) is 12.5 Å². The number of furan rings is 1. The first-order valence-electron chi connectivity index (χ1n) is 12.2. The molecule has 0 saturated carbocycles. The number of piperidine rings is 1. The lowest BCUT2D eigenvalue weighted by atomic mass is 9.92. The summed E-state index contributed by atoms with van der Waals surface area (Å²) < 4.78 is 13.1. The summed E-state index contributed by atoms with van der Waals surface area (Å²) in [5.74, 6) is 0.763. The van der Waals surface area contributed by atoms with Crippen molar-refractivity contribution in [3.63, 3.8) is 0 Å². The van der Waals surface area contributed by atoms with Crippen LogP contribution < -0.4 is 0 Å². The number of para-hydroxylation sites is 2. The minimum absolute atomic E-state index is 0.157. The number of rotatable bonds is 6. The van der Waals surface area contributed by atoms with Gasteiger partial charge in [-0.2, -0.15) is 5.10 Å². The predicted molar refractivity (Wildman–Crippen MR) is 138 cm³/mol. The average Bonchev–Trinajstić information content (AvgIpc) is 3.50. The van der Waals surface area contributed by atoms with Gasteiger partial charge in [0.25, 0.3) is 5.91 Å². The third kappa shape index (κ3) is 5.25. The maximum Gasteiger partial charge on any atom is 0.331 e. The van der Waals surface area contributed by atoms with Crippen LogP contribution in [0.15, 0.2) is 77.4 Å². The Hall–Kier alpha value is -4.13. The van der Waals surface area contributed by atoms with Crippen LogP contribution in [0, 0.1) is 11.8 Å². The first-order chi connectivity index (χ1) is 17.5. The number of carbonyl (C=O) groups is 2. The molecule has 1 aliphatic heterocycles. The average molecular weight is 484 g/mol. The lowest BCUT2D eigenvalue weighted by Gasteiger charge is -2.34. The summed E-state index contributed by atoms with van der Waals surface area (Å²) in [6.07, 6.45) is 5.92. The molecule has 0 N–H and O–H groups in total. The zero-order chi connectivity index (χ0) is 25.1. The van der Waals surface area contributed by atoms with Crippen molar-refractivity contribution in [2.45, 2.75) is 20.3 Å². The quantitative estimate of drug-likeness (QED) is 0.273. The molecule has 4 aromatic rings. The molecule has 0 bridgehead atoms. The Morgan fingerprint density at radius 2 is 1.78 bits per heavy atom. The Kier molecular flexibility index (Phi) is 6.71. The van der Waals surface area contributed by atoms with Crippen LogP contribution in [-0.2, 0) is 14.3 Å². The number of hydrogen-bond donors (Lipinski definition) is 0. The highest BCUT2D eigenvalue weighted by atomic mass is 16.5. The van der Waals surface area contributed by atoms with E-state index in [2.05, 4.69) is 13.8 Å². The molecule has 0 spiro atoms. The van der Waals surface area contributed by atoms with Gasteiger partial charge in [-0.3, -0.25) is 4.79 Å². The van der Waals surface area contributed by atoms with Crippen LogP contribution >= 0.6 is 0 Å². The molecule has 2 atom stereocenters. The largest absolute Gasteiger partial charge is 0.454 e. The van der Waals surface area contributed by atoms with Gasteiger partial charge in [0.2, 0.25) is 0 Å². The normalized spacial score (nSPS) is 18.1. The van der Waals surface area contributed by atoms with Crippen LogP contribution in [0.2, 0.25) is 0 Å². The van der Waals surface area contributed by atoms with Crippen LogP contribution in [-0.4, -0.2) is 46.3 Å². The smallest absolute Gasteiger partial charge is 0.331 e. The van der Waals surface area contributed by atoms with Crippen molar-refractivity contribution < 1.29 is 18.7 Å². The van der Waals surface area contributed by atoms with Crippen molar-refractivity contribution in [2.24, 2.45) is 11.8 Å². The Bertz CT molecular complexity index is 1360. The molecule has 2 aromatic carbocycles. The summed E-state index contributed by atoms with van der Waals surface area (Å²) in [7, 11) is 0. The summed E-state index contributed by atoms with van der Waals surface area (Å²) in [6.45, 7) is 5.42. The van der Waals surface area contributed by atoms with Crippen LogP contribution in [0.3, 0.4) is 0 Å². The van der Waals surface area contributed by atoms with Gasteiger partial charge >= 0.3 is 5.97 Å². The molecule has 1 aliphatic rings. The summed E-state index contributed by atoms with van der Waals surface area (Å²) >= 11 is 0. The maximum atomic E-state index is 12.6. The van der Waals surface area contributed by atoms with Crippen LogP contribution in [0.1, 0.15) is 25.8 Å². The molecule has 7 nitrogen and oxygen atoms in total. The minimum atomic E-state index is -0.579. The number of likely N-dealkylation sites (tertiary alicyclic amines) is 1. The first kappa shape index (κ1) is 23.6. The van der Waals surface area contributed by atoms with E-state index >= 15 is 0 Å². The molecule has 184 valence electrons. The molecule has 5 rings (SSSR count). The minimum Gasteiger partial charge on any atom is -0.454 e. The third-order valence-corrected chi connectivity index (χ3v) is 6.38. The SMILES string of the molecule is CC1CC(C)CN(C(=O)COC(=O)C=Cc2cn(-c3ccccc3)nc2-c2cc3ccccc3o2)C1. The summed E-state index contributed by atoms with van der Waals surface area (Å²) in [6, 6.07) is 19.4. The second kappa shape index (κ2) is 10.2. The van der Waals surface area contributed by atoms with E-state index in [4.69, 9.17) is 14.3 Å². The van der Waals surface area contributed by atoms with Crippen molar-refractivity contribution in [1.82, 2.24) is 14.7 Å². The van der Waals surface area contributed by atoms with E-state index in [0.29, 0.717) is 41.9 Å². The van der Waals surface area contributed by atoms with E-state index in [1.165, 1.54) is 6.08 Å². The Morgan fingerprint density at radius 3 is 2.53 bits per heavy atom. The standard InChI is InChI=1S/C29H29N3O4/c1-20-14-21(2)17-31(16-20)27(33)19-35-28(34)13-12-23-18-32(24-9-4-3-5-10-24)30-29(23)26-15-22-8-6-7-11-25(22)36-26/h3-13,15,18,20-21H,14,16-17,19H2,1-2H3. The molecule has 7 heteroatoms. The molecular formula is C29H29N3O4. The van der Waals surface area contributed by atoms with E-state index in [1.807, 2.05) is 66.9 Å². The van der Waals surface area contributed by atoms with Gasteiger partial charge < -0.3 is 14.1 Å². The molecule has 0 aliphatic carbocycles. The van der Waals surface area contributed by atoms with Crippen LogP contribution in [0.4, 0.5) is 0 Å². The molecule has 2 aromatic heterocycles. The second-order valence-electron chi connectivity index (χ2n) is 9.55. The number of nitrogens with zero attached hydrogens (tertiary/aromatic N) is 3. The summed E-state index contributed by atoms with van der Waals surface area (Å²) in [4.78, 5) is 26.8. The van der Waals surface area contributed by atoms with Crippen LogP contribution in [0.25, 0.3) is 34.2 Å². The summed E-state index contributed by atoms with van der Waals surface area (Å²) in [5, 5.41) is 5.70. The van der Waals surface area contributed by atoms with E-state index in [0.717, 1.165) is 23.1 Å². The van der Waals surface area contributed by atoms with Crippen molar-refractivity contribution in [1.29, 1.82) is 0 Å². The number of carbonyl (C=O) groups excluding carboxylic acids is 2. The van der Waals surface area contributed by atoms with Gasteiger partial charge in [0.05, 0.1) is 5.69 Å². The Morgan fingerprint density at radius 1 is 1.06 bits per heavy atom. The zero-order valence-corrected chi connectivity index (χ0v) is 20.5. The number of amides is 1. The molecular weight excluding hydrogens is 454 g/mol. The van der Waals surface area contributed by atoms with E-state index in [1.54, 1.807) is 15.7 Å². The molecule has 1 fully saturated rings. The second-order valence-corrected chi connectivity index (χ2v) is 9.55. The van der Waals surface area contributed by atoms with Crippen molar-refractivity contribution in [3.8, 4) is 17.1 Å². The monoisotopic (exact) mass is 483 g/mol. The van der Waals surface area contributed by atoms with E-state index in [9.17, 15) is 9.59 Å². The van der Waals surface area contributed by atoms with Gasteiger partial charge in [-0.05, 0) is 48.6 Å². The van der Waals surface area contributed by atoms with Gasteiger partial charge in [0.1, 0.15) is 11.3 Å². The number of hydrogen-bond acceptors (Lipinski definition) is 5. The van der Waals surface area contributed by atoms with E-state index < -0.39 is 5.97 Å². The fourth-order valence-electron chi connectivity index (χ4n) is 4.81. The number of ether oxygens (including phenoxy) is 1. The van der Waals surface area contributed by atoms with Gasteiger partial charge in [-0.15, -0.1) is 0 Å². The number of benzene rings is 2. The molecule has 3 heterocycles. The predicted octanol–water partition coefficient (Wildman–Crippen LogP) is 5.35. The van der Waals surface area contributed by atoms with Gasteiger partial charge in [-0.1, -0.05) is 50.2 Å². The van der Waals surface area contributed by atoms with Crippen molar-refractivity contribution >= 4 is 28.9 Å². The maximum absolute atomic E-state index is 12.6. The zero-order valence-electron chi connectivity index (χ0n) is 20.5. The number of aromatic nitrogens is 2. The van der Waals surface area contributed by atoms with Crippen LogP contribution in [0.5, 0.6) is 0 Å². The number of fused-ring (bicyclic) bond motifs is 1. The highest BCUT2D eigenvalue weighted by molar-refractivity contribution is 5.91. The highest BCUT2D eigenvalue weighted by Gasteiger charge is 2.25. The highest BCUT2D eigenvalue weighted by Crippen LogP contribution is 2.30. The lowest BCUT2D eigenvalue weighted by molar-refractivity contribution is -0.149. The van der Waals surface area contributed by atoms with Gasteiger partial charge in [0.15, 0.2) is 12.4 Å². The Balaban J connectivity index is 1.34. The van der Waals surface area contributed by atoms with Crippen molar-refractivity contribution in [2.75, 3.05) is 19.7 Å². The summed E-state index contributed by atoms with van der Waals surface area (Å²) in [5.41, 5.74) is 2.94. The molecule has 1 saturated heterocycles. The number of esters is 1. The Labute approximate surface area is 210 Å². The molecule has 2 unspecified atom stereocenters. The van der Waals surface area contributed by atoms with Crippen molar-refractivity contribution in [3.05, 3.63) is 78.5 Å². The first-order valence-corrected chi connectivity index (χ1v) is 12.2.